The van der Waals surface area contributed by atoms with E-state index in [9.17, 15) is 0 Å². The maximum atomic E-state index is 7.82. The summed E-state index contributed by atoms with van der Waals surface area (Å²) >= 11 is 0. The largest absolute Gasteiger partial charge is 0.305 e. The van der Waals surface area contributed by atoms with E-state index >= 15 is 0 Å². The van der Waals surface area contributed by atoms with Gasteiger partial charge in [-0.05, 0) is 154 Å². The fraction of sp³-hybridized carbons (Fsp3) is 0.0744. The molecule has 666 valence electrons. The number of hydrogen-bond acceptors (Lipinski definition) is 8. The Morgan fingerprint density at radius 3 is 0.835 bits per heavy atom. The third-order valence-corrected chi connectivity index (χ3v) is 19.5. The molecule has 0 fully saturated rings. The van der Waals surface area contributed by atoms with Crippen LogP contribution in [0.4, 0.5) is 0 Å². The molecule has 12 aromatic carbocycles. The minimum Gasteiger partial charge on any atom is -0.305 e. The zero-order chi connectivity index (χ0) is 104. The molecule has 0 spiro atoms. The van der Waals surface area contributed by atoms with Gasteiger partial charge < -0.3 is 39.9 Å². The van der Waals surface area contributed by atoms with E-state index in [0.717, 1.165) is 90.5 Å². The summed E-state index contributed by atoms with van der Waals surface area (Å²) in [5.74, 6) is 0. The van der Waals surface area contributed by atoms with Crippen LogP contribution in [0.2, 0.25) is 0 Å². The molecule has 133 heavy (non-hydrogen) atoms. The zero-order valence-electron chi connectivity index (χ0n) is 90.2. The molecular weight excluding hydrogens is 2330 g/mol. The Labute approximate surface area is 865 Å². The number of rotatable bonds is 13. The molecule has 0 saturated heterocycles. The minimum absolute atomic E-state index is 0. The van der Waals surface area contributed by atoms with E-state index in [2.05, 4.69) is 163 Å². The summed E-state index contributed by atoms with van der Waals surface area (Å²) in [5, 5.41) is 0. The fourth-order valence-corrected chi connectivity index (χ4v) is 12.8. The summed E-state index contributed by atoms with van der Waals surface area (Å²) in [6, 6.07) is 145. The van der Waals surface area contributed by atoms with E-state index in [1.807, 2.05) is 255 Å². The molecule has 0 aliphatic carbocycles. The predicted molar refractivity (Wildman–Crippen MR) is 532 cm³/mol. The zero-order valence-corrected chi connectivity index (χ0v) is 81.8. The second-order valence-corrected chi connectivity index (χ2v) is 28.7. The van der Waals surface area contributed by atoms with Gasteiger partial charge >= 0.3 is 0 Å². The molecule has 0 aliphatic heterocycles. The molecule has 12 heteroatoms. The van der Waals surface area contributed by atoms with Gasteiger partial charge in [-0.2, -0.15) is 0 Å². The van der Waals surface area contributed by atoms with Gasteiger partial charge in [-0.1, -0.05) is 226 Å². The minimum atomic E-state index is -2.20. The smallest absolute Gasteiger partial charge is 0.0280 e. The number of aryl methyl sites for hydroxylation is 8. The molecule has 8 aromatic heterocycles. The van der Waals surface area contributed by atoms with Gasteiger partial charge in [0.15, 0.2) is 0 Å². The van der Waals surface area contributed by atoms with Crippen LogP contribution in [0.3, 0.4) is 0 Å². The van der Waals surface area contributed by atoms with Crippen molar-refractivity contribution >= 4 is 0 Å². The first kappa shape index (κ1) is 79.2. The molecule has 20 aromatic rings. The summed E-state index contributed by atoms with van der Waals surface area (Å²) in [6.45, 7) is -8.67. The van der Waals surface area contributed by atoms with Gasteiger partial charge in [0.1, 0.15) is 0 Å². The van der Waals surface area contributed by atoms with Crippen LogP contribution in [0.5, 0.6) is 0 Å². The Morgan fingerprint density at radius 1 is 0.218 bits per heavy atom. The Kier molecular flexibility index (Phi) is 33.1. The monoisotopic (exact) mass is 2450 g/mol. The van der Waals surface area contributed by atoms with E-state index in [1.165, 1.54) is 76.6 Å². The van der Waals surface area contributed by atoms with E-state index in [1.54, 1.807) is 73.3 Å². The van der Waals surface area contributed by atoms with Crippen molar-refractivity contribution < 1.29 is 105 Å². The summed E-state index contributed by atoms with van der Waals surface area (Å²) < 4.78 is 133. The van der Waals surface area contributed by atoms with Crippen molar-refractivity contribution in [2.45, 2.75) is 61.4 Å². The van der Waals surface area contributed by atoms with Crippen LogP contribution in [0.15, 0.2) is 438 Å². The van der Waals surface area contributed by atoms with Gasteiger partial charge in [-0.15, -0.1) is 286 Å². The molecule has 0 unspecified atom stereocenters. The topological polar surface area (TPSA) is 103 Å². The van der Waals surface area contributed by atoms with Crippen molar-refractivity contribution in [3.8, 4) is 135 Å². The van der Waals surface area contributed by atoms with Crippen LogP contribution in [0.1, 0.15) is 76.1 Å². The fourth-order valence-electron chi connectivity index (χ4n) is 12.8. The first-order valence-electron chi connectivity index (χ1n) is 50.4. The molecule has 0 atom stereocenters. The van der Waals surface area contributed by atoms with Crippen LogP contribution in [-0.4, -0.2) is 39.9 Å². The Hall–Kier alpha value is -13.6. The van der Waals surface area contributed by atoms with Crippen LogP contribution >= 0.6 is 0 Å². The number of nitrogens with zero attached hydrogens (tertiary/aromatic N) is 8. The molecule has 0 saturated carbocycles. The van der Waals surface area contributed by atoms with Crippen molar-refractivity contribution in [2.24, 2.45) is 0 Å². The van der Waals surface area contributed by atoms with Crippen LogP contribution in [0.25, 0.3) is 135 Å². The molecule has 4 radical (unpaired) electrons. The third kappa shape index (κ3) is 32.5. The summed E-state index contributed by atoms with van der Waals surface area (Å²) in [7, 11) is 0. The molecule has 8 nitrogen and oxygen atoms in total. The van der Waals surface area contributed by atoms with E-state index < -0.39 is 41.1 Å². The van der Waals surface area contributed by atoms with Gasteiger partial charge in [0.2, 0.25) is 0 Å². The quantitative estimate of drug-likeness (QED) is 0.105. The van der Waals surface area contributed by atoms with E-state index in [-0.39, 0.29) is 103 Å². The van der Waals surface area contributed by atoms with Crippen molar-refractivity contribution in [3.05, 3.63) is 531 Å². The van der Waals surface area contributed by atoms with Gasteiger partial charge in [0.25, 0.3) is 0 Å². The van der Waals surface area contributed by atoms with Crippen molar-refractivity contribution in [2.75, 3.05) is 0 Å². The first-order chi connectivity index (χ1) is 70.6. The van der Waals surface area contributed by atoms with Gasteiger partial charge in [-0.25, -0.2) is 0 Å². The van der Waals surface area contributed by atoms with Crippen LogP contribution in [0, 0.1) is 96.6 Å². The molecule has 0 aliphatic rings. The second kappa shape index (κ2) is 55.6. The first-order valence-corrected chi connectivity index (χ1v) is 41.4. The predicted octanol–water partition coefficient (Wildman–Crippen LogP) is 29.8. The standard InChI is InChI=1S/C19H16N.3C18H14N.2C13H12N.2C11H8N.4Ir/c1-2-15-13-19(17-11-7-4-8-12-17)20-14-18(15)16-9-5-3-6-10-16;1-14-12-18(16-10-6-3-7-11-16)19-13-17(14)15-8-4-2-5-9-15;2*1-14-7-9-15(10-8-14)17-11-12-18(19-13-17)16-5-3-2-4-6-16;2*1-10-3-6-12(7-4-10)13-8-5-11(2)9-14-13;2*1-2-6-10(7-3-1)11-8-4-5-9-12-11;;;;/h3-11,13-14H,2H2,1H3;2-10,12-13H,1H3;2*2-5,7-13H,1H3;2*3-6,8-9H,1-2H3;2*1-6,8-9H;;;;/q8*-1;;;;/i;2*1D3;;2*1D3,2D3;;;;;;. The number of pyridine rings is 8. The number of aromatic nitrogens is 8. The maximum absolute atomic E-state index is 7.82. The second-order valence-electron chi connectivity index (χ2n) is 28.7. The average molecular weight is 2450 g/mol. The SMILES string of the molecule is CCc1cc(-c2[c-]cccc2)ncc1-c1ccccc1.Cc1ccc(-c2ccc(-c3[c-]cccc3)nc2)cc1.[2H]C([2H])([2H])c1c[c-]c(-c2ccc(C([2H])([2H])[2H])cn2)cc1.[2H]C([2H])([2H])c1c[c-]c(-c2ccc(C([2H])([2H])[2H])cn2)cc1.[2H]C([2H])([2H])c1cc(-c2[c-]cccc2)ncc1-c1ccccc1.[2H]C([2H])([2H])c1ccc(-c2ccc(-c3[c-]cccc3)nc2)cc1.[Ir].[Ir].[Ir].[Ir].[c-]1ccccc1-c1ccccn1.[c-]1ccccc1-c1ccccn1. The summed E-state index contributed by atoms with van der Waals surface area (Å²) in [5.41, 5.74) is 25.8. The van der Waals surface area contributed by atoms with Gasteiger partial charge in [0.05, 0.1) is 0 Å². The Morgan fingerprint density at radius 2 is 0.519 bits per heavy atom. The average Bonchev–Trinajstić information content (AvgIpc) is 0.786. The number of hydrogen-bond donors (Lipinski definition) is 0. The molecule has 8 heterocycles. The summed E-state index contributed by atoms with van der Waals surface area (Å²) in [4.78, 5) is 34.6. The van der Waals surface area contributed by atoms with Crippen LogP contribution in [-0.2, 0) is 86.8 Å². The van der Waals surface area contributed by atoms with E-state index in [0.29, 0.717) is 44.9 Å². The molecule has 0 amide bonds. The van der Waals surface area contributed by atoms with Crippen molar-refractivity contribution in [1.29, 1.82) is 0 Å². The van der Waals surface area contributed by atoms with Gasteiger partial charge in [0, 0.05) is 166 Å². The third-order valence-electron chi connectivity index (χ3n) is 19.5. The van der Waals surface area contributed by atoms with E-state index in [4.69, 9.17) is 24.7 Å². The van der Waals surface area contributed by atoms with Crippen LogP contribution < -0.4 is 0 Å². The van der Waals surface area contributed by atoms with Crippen molar-refractivity contribution in [1.82, 2.24) is 39.9 Å². The normalized spacial score (nSPS) is 12.5. The summed E-state index contributed by atoms with van der Waals surface area (Å²) in [6.07, 6.45) is 14.5. The molecule has 0 N–H and O–H groups in total. The van der Waals surface area contributed by atoms with Gasteiger partial charge in [-0.3, -0.25) is 0 Å². The number of benzene rings is 12. The maximum Gasteiger partial charge on any atom is 0.0280 e. The Balaban J connectivity index is 0.000000192. The molecule has 0 bridgehead atoms. The molecular formula is C121H98Ir4N8-8. The Bertz CT molecular complexity index is 7020. The van der Waals surface area contributed by atoms with Crippen molar-refractivity contribution in [3.63, 3.8) is 0 Å². The molecule has 20 rings (SSSR count).